The first-order valence-corrected chi connectivity index (χ1v) is 7.44. The molecule has 0 spiro atoms. The van der Waals surface area contributed by atoms with Crippen LogP contribution in [0.15, 0.2) is 16.4 Å². The van der Waals surface area contributed by atoms with Gasteiger partial charge in [0.15, 0.2) is 11.0 Å². The van der Waals surface area contributed by atoms with Gasteiger partial charge in [-0.05, 0) is 37.4 Å². The van der Waals surface area contributed by atoms with Crippen LogP contribution >= 0.6 is 11.8 Å². The largest absolute Gasteiger partial charge is 0.368 e. The van der Waals surface area contributed by atoms with Crippen LogP contribution in [-0.4, -0.2) is 24.7 Å². The van der Waals surface area contributed by atoms with Crippen LogP contribution in [0.1, 0.15) is 43.5 Å². The highest BCUT2D eigenvalue weighted by Crippen LogP contribution is 2.46. The Kier molecular flexibility index (Phi) is 2.66. The second-order valence-electron chi connectivity index (χ2n) is 5.20. The van der Waals surface area contributed by atoms with E-state index in [4.69, 9.17) is 5.73 Å². The molecular weight excluding hydrogens is 279 g/mol. The third kappa shape index (κ3) is 2.13. The van der Waals surface area contributed by atoms with Crippen molar-refractivity contribution in [2.75, 3.05) is 5.73 Å². The fraction of sp³-hybridized carbons (Fsp3) is 0.500. The van der Waals surface area contributed by atoms with Gasteiger partial charge in [0.2, 0.25) is 5.95 Å². The molecule has 2 heterocycles. The van der Waals surface area contributed by atoms with Crippen LogP contribution in [0.4, 0.5) is 10.3 Å². The summed E-state index contributed by atoms with van der Waals surface area (Å²) in [5, 5.41) is 9.40. The molecule has 0 bridgehead atoms. The minimum absolute atomic E-state index is 0.0637. The number of anilines is 1. The van der Waals surface area contributed by atoms with Gasteiger partial charge in [-0.1, -0.05) is 0 Å². The van der Waals surface area contributed by atoms with Gasteiger partial charge in [-0.2, -0.15) is 0 Å². The molecule has 0 aromatic carbocycles. The molecule has 2 fully saturated rings. The van der Waals surface area contributed by atoms with Crippen molar-refractivity contribution in [2.24, 2.45) is 0 Å². The Hall–Kier alpha value is -1.70. The molecule has 2 aromatic rings. The van der Waals surface area contributed by atoms with Gasteiger partial charge in [0.1, 0.15) is 10.9 Å². The lowest BCUT2D eigenvalue weighted by Crippen LogP contribution is -2.03. The molecular formula is C12H13FN6S. The minimum atomic E-state index is -0.484. The van der Waals surface area contributed by atoms with E-state index in [1.165, 1.54) is 24.6 Å². The van der Waals surface area contributed by atoms with Crippen LogP contribution < -0.4 is 5.73 Å². The molecule has 8 heteroatoms. The molecule has 2 saturated carbocycles. The quantitative estimate of drug-likeness (QED) is 0.869. The fourth-order valence-electron chi connectivity index (χ4n) is 2.18. The maximum absolute atomic E-state index is 13.7. The van der Waals surface area contributed by atoms with Gasteiger partial charge in [-0.15, -0.1) is 10.2 Å². The van der Waals surface area contributed by atoms with Gasteiger partial charge in [0.25, 0.3) is 0 Å². The summed E-state index contributed by atoms with van der Waals surface area (Å²) in [4.78, 5) is 7.56. The summed E-state index contributed by atoms with van der Waals surface area (Å²) in [7, 11) is 0. The van der Waals surface area contributed by atoms with Crippen molar-refractivity contribution in [1.82, 2.24) is 24.7 Å². The Morgan fingerprint density at radius 3 is 2.75 bits per heavy atom. The molecule has 0 unspecified atom stereocenters. The Morgan fingerprint density at radius 1 is 1.25 bits per heavy atom. The van der Waals surface area contributed by atoms with Crippen molar-refractivity contribution < 1.29 is 4.39 Å². The summed E-state index contributed by atoms with van der Waals surface area (Å²) in [6.07, 6.45) is 5.71. The van der Waals surface area contributed by atoms with Crippen LogP contribution in [-0.2, 0) is 0 Å². The summed E-state index contributed by atoms with van der Waals surface area (Å²) in [6.45, 7) is 0. The highest BCUT2D eigenvalue weighted by atomic mass is 32.2. The third-order valence-electron chi connectivity index (χ3n) is 3.46. The highest BCUT2D eigenvalue weighted by molar-refractivity contribution is 7.99. The van der Waals surface area contributed by atoms with Crippen LogP contribution in [0, 0.1) is 5.82 Å². The van der Waals surface area contributed by atoms with Crippen LogP contribution in [0.2, 0.25) is 0 Å². The van der Waals surface area contributed by atoms with E-state index in [0.29, 0.717) is 17.1 Å². The van der Waals surface area contributed by atoms with Gasteiger partial charge >= 0.3 is 0 Å². The zero-order valence-corrected chi connectivity index (χ0v) is 11.5. The van der Waals surface area contributed by atoms with E-state index in [0.717, 1.165) is 24.9 Å². The molecule has 4 rings (SSSR count). The predicted molar refractivity (Wildman–Crippen MR) is 70.8 cm³/mol. The zero-order valence-electron chi connectivity index (χ0n) is 10.7. The normalized spacial score (nSPS) is 18.4. The SMILES string of the molecule is Nc1ncc(F)c(Sc2nnc(C3CC3)n2C2CC2)n1. The molecule has 0 amide bonds. The van der Waals surface area contributed by atoms with E-state index in [2.05, 4.69) is 24.7 Å². The Balaban J connectivity index is 1.70. The summed E-state index contributed by atoms with van der Waals surface area (Å²) < 4.78 is 15.9. The van der Waals surface area contributed by atoms with Crippen molar-refractivity contribution in [3.05, 3.63) is 17.8 Å². The lowest BCUT2D eigenvalue weighted by Gasteiger charge is -2.08. The Bertz CT molecular complexity index is 664. The first kappa shape index (κ1) is 12.1. The van der Waals surface area contributed by atoms with Gasteiger partial charge in [-0.25, -0.2) is 14.4 Å². The molecule has 0 radical (unpaired) electrons. The van der Waals surface area contributed by atoms with Crippen LogP contribution in [0.25, 0.3) is 0 Å². The van der Waals surface area contributed by atoms with Crippen molar-refractivity contribution in [3.63, 3.8) is 0 Å². The number of hydrogen-bond donors (Lipinski definition) is 1. The van der Waals surface area contributed by atoms with E-state index in [1.54, 1.807) is 0 Å². The molecule has 6 nitrogen and oxygen atoms in total. The van der Waals surface area contributed by atoms with Crippen LogP contribution in [0.3, 0.4) is 0 Å². The first-order valence-electron chi connectivity index (χ1n) is 6.63. The van der Waals surface area contributed by atoms with Crippen molar-refractivity contribution in [3.8, 4) is 0 Å². The van der Waals surface area contributed by atoms with E-state index in [-0.39, 0.29) is 11.0 Å². The van der Waals surface area contributed by atoms with Crippen molar-refractivity contribution >= 4 is 17.7 Å². The number of halogens is 1. The van der Waals surface area contributed by atoms with Gasteiger partial charge in [0.05, 0.1) is 6.20 Å². The first-order chi connectivity index (χ1) is 9.72. The van der Waals surface area contributed by atoms with E-state index in [9.17, 15) is 4.39 Å². The molecule has 2 N–H and O–H groups in total. The van der Waals surface area contributed by atoms with E-state index >= 15 is 0 Å². The lowest BCUT2D eigenvalue weighted by molar-refractivity contribution is 0.578. The molecule has 104 valence electrons. The summed E-state index contributed by atoms with van der Waals surface area (Å²) >= 11 is 1.17. The van der Waals surface area contributed by atoms with Gasteiger partial charge in [-0.3, -0.25) is 0 Å². The molecule has 2 aliphatic carbocycles. The lowest BCUT2D eigenvalue weighted by atomic mass is 10.4. The standard InChI is InChI=1S/C12H13FN6S/c13-8-5-15-11(14)16-10(8)20-12-18-17-9(6-1-2-6)19(12)7-3-4-7/h5-7H,1-4H2,(H2,14,15,16). The second kappa shape index (κ2) is 4.41. The van der Waals surface area contributed by atoms with E-state index < -0.39 is 5.82 Å². The highest BCUT2D eigenvalue weighted by Gasteiger charge is 2.36. The van der Waals surface area contributed by atoms with Gasteiger partial charge < -0.3 is 10.3 Å². The predicted octanol–water partition coefficient (Wildman–Crippen LogP) is 2.15. The molecule has 20 heavy (non-hydrogen) atoms. The molecule has 0 atom stereocenters. The number of nitrogens with two attached hydrogens (primary N) is 1. The molecule has 2 aromatic heterocycles. The Labute approximate surface area is 119 Å². The number of aromatic nitrogens is 5. The molecule has 2 aliphatic rings. The molecule has 0 aliphatic heterocycles. The van der Waals surface area contributed by atoms with E-state index in [1.807, 2.05) is 0 Å². The Morgan fingerprint density at radius 2 is 2.05 bits per heavy atom. The third-order valence-corrected chi connectivity index (χ3v) is 4.40. The number of nitrogen functional groups attached to an aromatic ring is 1. The number of nitrogens with zero attached hydrogens (tertiary/aromatic N) is 5. The second-order valence-corrected chi connectivity index (χ2v) is 6.16. The zero-order chi connectivity index (χ0) is 13.7. The summed E-state index contributed by atoms with van der Waals surface area (Å²) in [5.41, 5.74) is 5.51. The maximum atomic E-state index is 13.7. The van der Waals surface area contributed by atoms with Crippen LogP contribution in [0.5, 0.6) is 0 Å². The summed E-state index contributed by atoms with van der Waals surface area (Å²) in [5.74, 6) is 1.14. The van der Waals surface area contributed by atoms with Gasteiger partial charge in [0, 0.05) is 12.0 Å². The number of rotatable bonds is 4. The maximum Gasteiger partial charge on any atom is 0.221 e. The topological polar surface area (TPSA) is 82.5 Å². The van der Waals surface area contributed by atoms with Crippen molar-refractivity contribution in [1.29, 1.82) is 0 Å². The average Bonchev–Trinajstić information content (AvgIpc) is 3.33. The average molecular weight is 292 g/mol. The fourth-order valence-corrected chi connectivity index (χ4v) is 3.06. The molecule has 0 saturated heterocycles. The van der Waals surface area contributed by atoms with Crippen molar-refractivity contribution in [2.45, 2.75) is 47.8 Å². The minimum Gasteiger partial charge on any atom is -0.368 e. The monoisotopic (exact) mass is 292 g/mol. The summed E-state index contributed by atoms with van der Waals surface area (Å²) in [6, 6.07) is 0.463. The number of hydrogen-bond acceptors (Lipinski definition) is 6. The smallest absolute Gasteiger partial charge is 0.221 e.